The van der Waals surface area contributed by atoms with Crippen LogP contribution in [0.15, 0.2) is 23.4 Å². The Morgan fingerprint density at radius 3 is 1.83 bits per heavy atom. The Balaban J connectivity index is 0.000000561. The fourth-order valence-corrected chi connectivity index (χ4v) is 0.592. The quantitative estimate of drug-likeness (QED) is 0.598. The lowest BCUT2D eigenvalue weighted by molar-refractivity contribution is 0.584. The van der Waals surface area contributed by atoms with E-state index in [1.807, 2.05) is 13.8 Å². The number of nitroso groups, excluding NO2 is 1. The first kappa shape index (κ1) is 10.7. The normalized spacial score (nSPS) is 8.33. The van der Waals surface area contributed by atoms with Gasteiger partial charge in [-0.15, -0.1) is 4.91 Å². The lowest BCUT2D eigenvalue weighted by Crippen LogP contribution is -1.76. The highest BCUT2D eigenvalue weighted by atomic mass is 19.1. The molecule has 2 nitrogen and oxygen atoms in total. The van der Waals surface area contributed by atoms with Crippen LogP contribution in [0.1, 0.15) is 13.8 Å². The van der Waals surface area contributed by atoms with Gasteiger partial charge >= 0.3 is 0 Å². The Hall–Kier alpha value is -1.32. The molecule has 0 aromatic heterocycles. The average Bonchev–Trinajstić information content (AvgIpc) is 2.06. The molecule has 1 aromatic rings. The molecule has 0 radical (unpaired) electrons. The molecular formula is C8H9F2NO. The summed E-state index contributed by atoms with van der Waals surface area (Å²) in [6, 6.07) is 2.39. The van der Waals surface area contributed by atoms with Crippen LogP contribution in [0.2, 0.25) is 0 Å². The van der Waals surface area contributed by atoms with Gasteiger partial charge in [-0.25, -0.2) is 8.78 Å². The summed E-state index contributed by atoms with van der Waals surface area (Å²) in [5.74, 6) is -1.59. The summed E-state index contributed by atoms with van der Waals surface area (Å²) >= 11 is 0. The van der Waals surface area contributed by atoms with Gasteiger partial charge < -0.3 is 0 Å². The van der Waals surface area contributed by atoms with Crippen LogP contribution in [0, 0.1) is 16.5 Å². The zero-order valence-corrected chi connectivity index (χ0v) is 6.84. The van der Waals surface area contributed by atoms with E-state index >= 15 is 0 Å². The van der Waals surface area contributed by atoms with Crippen LogP contribution in [0.25, 0.3) is 0 Å². The number of hydrogen-bond acceptors (Lipinski definition) is 2. The molecule has 0 aliphatic heterocycles. The summed E-state index contributed by atoms with van der Waals surface area (Å²) in [4.78, 5) is 9.73. The fraction of sp³-hybridized carbons (Fsp3) is 0.250. The van der Waals surface area contributed by atoms with E-state index in [2.05, 4.69) is 5.18 Å². The molecule has 0 saturated carbocycles. The maximum atomic E-state index is 12.2. The van der Waals surface area contributed by atoms with Crippen LogP contribution in [-0.2, 0) is 0 Å². The summed E-state index contributed by atoms with van der Waals surface area (Å²) in [5.41, 5.74) is -0.238. The predicted octanol–water partition coefficient (Wildman–Crippen LogP) is 3.39. The topological polar surface area (TPSA) is 29.4 Å². The van der Waals surface area contributed by atoms with E-state index in [9.17, 15) is 13.7 Å². The highest BCUT2D eigenvalue weighted by Crippen LogP contribution is 2.14. The molecule has 0 fully saturated rings. The monoisotopic (exact) mass is 173 g/mol. The molecule has 0 bridgehead atoms. The zero-order chi connectivity index (χ0) is 9.56. The van der Waals surface area contributed by atoms with Crippen LogP contribution >= 0.6 is 0 Å². The number of rotatable bonds is 1. The SMILES string of the molecule is CC.O=Nc1cc(F)cc(F)c1. The second-order valence-electron chi connectivity index (χ2n) is 1.72. The van der Waals surface area contributed by atoms with Gasteiger partial charge in [-0.05, 0) is 5.18 Å². The third-order valence-corrected chi connectivity index (χ3v) is 0.953. The molecule has 4 heteroatoms. The minimum Gasteiger partial charge on any atom is -0.207 e. The second-order valence-corrected chi connectivity index (χ2v) is 1.72. The van der Waals surface area contributed by atoms with Crippen molar-refractivity contribution in [3.05, 3.63) is 34.7 Å². The van der Waals surface area contributed by atoms with E-state index < -0.39 is 11.6 Å². The number of hydrogen-bond donors (Lipinski definition) is 0. The van der Waals surface area contributed by atoms with Gasteiger partial charge in [-0.2, -0.15) is 0 Å². The molecule has 1 rings (SSSR count). The van der Waals surface area contributed by atoms with Crippen molar-refractivity contribution >= 4 is 5.69 Å². The summed E-state index contributed by atoms with van der Waals surface area (Å²) in [7, 11) is 0. The summed E-state index contributed by atoms with van der Waals surface area (Å²) in [6.07, 6.45) is 0. The van der Waals surface area contributed by atoms with Gasteiger partial charge in [0.1, 0.15) is 17.3 Å². The van der Waals surface area contributed by atoms with E-state index in [0.29, 0.717) is 6.07 Å². The number of nitrogens with zero attached hydrogens (tertiary/aromatic N) is 1. The van der Waals surface area contributed by atoms with Gasteiger partial charge in [-0.3, -0.25) is 0 Å². The van der Waals surface area contributed by atoms with Crippen molar-refractivity contribution in [3.8, 4) is 0 Å². The first-order valence-electron chi connectivity index (χ1n) is 3.52. The third kappa shape index (κ3) is 3.18. The maximum absolute atomic E-state index is 12.2. The Bertz CT molecular complexity index is 243. The third-order valence-electron chi connectivity index (χ3n) is 0.953. The smallest absolute Gasteiger partial charge is 0.128 e. The maximum Gasteiger partial charge on any atom is 0.128 e. The molecule has 0 spiro atoms. The molecular weight excluding hydrogens is 164 g/mol. The van der Waals surface area contributed by atoms with Gasteiger partial charge in [0.2, 0.25) is 0 Å². The molecule has 0 unspecified atom stereocenters. The van der Waals surface area contributed by atoms with E-state index in [1.54, 1.807) is 0 Å². The Morgan fingerprint density at radius 1 is 1.08 bits per heavy atom. The van der Waals surface area contributed by atoms with E-state index in [1.165, 1.54) is 0 Å². The van der Waals surface area contributed by atoms with Crippen molar-refractivity contribution in [1.82, 2.24) is 0 Å². The standard InChI is InChI=1S/C6H3F2NO.C2H6/c7-4-1-5(8)3-6(2-4)9-10;1-2/h1-3H;1-2H3. The second kappa shape index (κ2) is 5.35. The van der Waals surface area contributed by atoms with Gasteiger partial charge in [0, 0.05) is 18.2 Å². The molecule has 12 heavy (non-hydrogen) atoms. The van der Waals surface area contributed by atoms with Crippen LogP contribution in [0.3, 0.4) is 0 Å². The van der Waals surface area contributed by atoms with Crippen LogP contribution in [0.4, 0.5) is 14.5 Å². The molecule has 0 amide bonds. The average molecular weight is 173 g/mol. The molecule has 0 saturated heterocycles. The highest BCUT2D eigenvalue weighted by molar-refractivity contribution is 5.36. The first-order valence-corrected chi connectivity index (χ1v) is 3.52. The minimum atomic E-state index is -0.797. The van der Waals surface area contributed by atoms with Gasteiger partial charge in [-0.1, -0.05) is 13.8 Å². The van der Waals surface area contributed by atoms with Gasteiger partial charge in [0.15, 0.2) is 0 Å². The minimum absolute atomic E-state index is 0.238. The Labute approximate surface area is 69.2 Å². The van der Waals surface area contributed by atoms with Crippen molar-refractivity contribution < 1.29 is 8.78 Å². The molecule has 0 aliphatic carbocycles. The van der Waals surface area contributed by atoms with Crippen molar-refractivity contribution in [1.29, 1.82) is 0 Å². The molecule has 0 atom stereocenters. The first-order chi connectivity index (χ1) is 5.72. The molecule has 1 aromatic carbocycles. The van der Waals surface area contributed by atoms with Crippen LogP contribution in [-0.4, -0.2) is 0 Å². The van der Waals surface area contributed by atoms with Gasteiger partial charge in [0.25, 0.3) is 0 Å². The van der Waals surface area contributed by atoms with Crippen molar-refractivity contribution in [2.75, 3.05) is 0 Å². The summed E-state index contributed by atoms with van der Waals surface area (Å²) in [6.45, 7) is 4.00. The van der Waals surface area contributed by atoms with E-state index in [4.69, 9.17) is 0 Å². The molecule has 0 heterocycles. The predicted molar refractivity (Wildman–Crippen MR) is 43.2 cm³/mol. The fourth-order valence-electron chi connectivity index (χ4n) is 0.592. The zero-order valence-electron chi connectivity index (χ0n) is 6.84. The van der Waals surface area contributed by atoms with Crippen LogP contribution < -0.4 is 0 Å². The van der Waals surface area contributed by atoms with Crippen molar-refractivity contribution in [3.63, 3.8) is 0 Å². The van der Waals surface area contributed by atoms with Gasteiger partial charge in [0.05, 0.1) is 0 Å². The van der Waals surface area contributed by atoms with E-state index in [0.717, 1.165) is 12.1 Å². The Kier molecular flexibility index (Phi) is 4.76. The summed E-state index contributed by atoms with van der Waals surface area (Å²) < 4.78 is 24.4. The Morgan fingerprint density at radius 2 is 1.50 bits per heavy atom. The molecule has 66 valence electrons. The highest BCUT2D eigenvalue weighted by Gasteiger charge is 1.98. The summed E-state index contributed by atoms with van der Waals surface area (Å²) in [5, 5.41) is 2.36. The largest absolute Gasteiger partial charge is 0.207 e. The van der Waals surface area contributed by atoms with E-state index in [-0.39, 0.29) is 5.69 Å². The van der Waals surface area contributed by atoms with Crippen molar-refractivity contribution in [2.45, 2.75) is 13.8 Å². The lowest BCUT2D eigenvalue weighted by atomic mass is 10.3. The number of halogens is 2. The van der Waals surface area contributed by atoms with Crippen molar-refractivity contribution in [2.24, 2.45) is 5.18 Å². The lowest BCUT2D eigenvalue weighted by Gasteiger charge is -1.89. The van der Waals surface area contributed by atoms with Crippen LogP contribution in [0.5, 0.6) is 0 Å². The molecule has 0 N–H and O–H groups in total. The molecule has 0 aliphatic rings. The number of benzene rings is 1.